The highest BCUT2D eigenvalue weighted by Crippen LogP contribution is 2.41. The van der Waals surface area contributed by atoms with Crippen LogP contribution in [0.4, 0.5) is 11.4 Å². The molecule has 8 heteroatoms. The molecule has 0 atom stereocenters. The molecule has 1 amide bonds. The molecule has 0 fully saturated rings. The van der Waals surface area contributed by atoms with E-state index in [1.54, 1.807) is 42.5 Å². The molecule has 0 unspecified atom stereocenters. The predicted molar refractivity (Wildman–Crippen MR) is 125 cm³/mol. The van der Waals surface area contributed by atoms with E-state index >= 15 is 0 Å². The number of carbonyl (C=O) groups is 2. The summed E-state index contributed by atoms with van der Waals surface area (Å²) in [7, 11) is -3.97. The Bertz CT molecular complexity index is 1650. The molecule has 0 spiro atoms. The van der Waals surface area contributed by atoms with Crippen LogP contribution in [0.2, 0.25) is 0 Å². The number of hydrogen-bond donors (Lipinski definition) is 2. The summed E-state index contributed by atoms with van der Waals surface area (Å²) in [6, 6.07) is 13.1. The van der Waals surface area contributed by atoms with Crippen molar-refractivity contribution in [3.8, 4) is 0 Å². The lowest BCUT2D eigenvalue weighted by Gasteiger charge is -2.27. The molecule has 1 aliphatic carbocycles. The van der Waals surface area contributed by atoms with Gasteiger partial charge in [-0.1, -0.05) is 26.0 Å². The molecular weight excluding hydrogens is 440 g/mol. The molecule has 0 saturated heterocycles. The summed E-state index contributed by atoms with van der Waals surface area (Å²) in [5.41, 5.74) is 2.31. The summed E-state index contributed by atoms with van der Waals surface area (Å²) in [5, 5.41) is 4.43. The highest BCUT2D eigenvalue weighted by atomic mass is 32.2. The van der Waals surface area contributed by atoms with E-state index in [-0.39, 0.29) is 22.0 Å². The Morgan fingerprint density at radius 1 is 1.00 bits per heavy atom. The highest BCUT2D eigenvalue weighted by molar-refractivity contribution is 7.93. The maximum atomic E-state index is 13.3. The maximum absolute atomic E-state index is 13.3. The van der Waals surface area contributed by atoms with Crippen molar-refractivity contribution in [2.24, 2.45) is 5.41 Å². The molecule has 166 valence electrons. The van der Waals surface area contributed by atoms with Gasteiger partial charge in [-0.05, 0) is 41.8 Å². The third-order valence-corrected chi connectivity index (χ3v) is 7.79. The van der Waals surface area contributed by atoms with E-state index in [1.165, 1.54) is 6.07 Å². The number of anilines is 2. The molecule has 2 N–H and O–H groups in total. The first kappa shape index (κ1) is 20.0. The average molecular weight is 461 g/mol. The first-order valence-electron chi connectivity index (χ1n) is 10.6. The van der Waals surface area contributed by atoms with Gasteiger partial charge in [-0.15, -0.1) is 0 Å². The number of rotatable bonds is 3. The lowest BCUT2D eigenvalue weighted by atomic mass is 9.76. The van der Waals surface area contributed by atoms with Crippen LogP contribution in [0.5, 0.6) is 0 Å². The Morgan fingerprint density at radius 3 is 2.64 bits per heavy atom. The molecule has 6 rings (SSSR count). The summed E-state index contributed by atoms with van der Waals surface area (Å²) >= 11 is 0. The van der Waals surface area contributed by atoms with Gasteiger partial charge in [0.25, 0.3) is 15.9 Å². The molecule has 4 aromatic rings. The number of fused-ring (bicyclic) bond motifs is 3. The van der Waals surface area contributed by atoms with Gasteiger partial charge in [-0.2, -0.15) is 0 Å². The Labute approximate surface area is 189 Å². The number of sulfonamides is 1. The molecule has 0 saturated carbocycles. The second-order valence-corrected chi connectivity index (χ2v) is 11.1. The molecule has 0 bridgehead atoms. The molecule has 2 aliphatic rings. The molecule has 1 aliphatic heterocycles. The fraction of sp³-hybridized carbons (Fsp3) is 0.200. The summed E-state index contributed by atoms with van der Waals surface area (Å²) in [6.07, 6.45) is 1.06. The SMILES string of the molecule is CC1(C)CC(=O)c2c(oc3ccc(NS(=O)(=O)c4ccc5c6c(cccc46)C(=O)N5)cc23)C1. The number of hydrogen-bond acceptors (Lipinski definition) is 5. The van der Waals surface area contributed by atoms with E-state index in [4.69, 9.17) is 4.42 Å². The zero-order valence-electron chi connectivity index (χ0n) is 18.0. The predicted octanol–water partition coefficient (Wildman–Crippen LogP) is 5.11. The van der Waals surface area contributed by atoms with Crippen molar-refractivity contribution in [2.75, 3.05) is 10.0 Å². The molecule has 1 aromatic heterocycles. The second-order valence-electron chi connectivity index (χ2n) is 9.45. The van der Waals surface area contributed by atoms with Crippen LogP contribution in [-0.4, -0.2) is 20.1 Å². The van der Waals surface area contributed by atoms with Crippen molar-refractivity contribution in [3.05, 3.63) is 65.4 Å². The summed E-state index contributed by atoms with van der Waals surface area (Å²) in [6.45, 7) is 4.06. The average Bonchev–Trinajstić information content (AvgIpc) is 3.25. The smallest absolute Gasteiger partial charge is 0.262 e. The molecule has 2 heterocycles. The number of furan rings is 1. The molecule has 33 heavy (non-hydrogen) atoms. The monoisotopic (exact) mass is 460 g/mol. The van der Waals surface area contributed by atoms with Gasteiger partial charge in [0.1, 0.15) is 11.3 Å². The quantitative estimate of drug-likeness (QED) is 0.442. The fourth-order valence-electron chi connectivity index (χ4n) is 4.97. The van der Waals surface area contributed by atoms with Crippen LogP contribution in [0, 0.1) is 5.41 Å². The molecule has 3 aromatic carbocycles. The van der Waals surface area contributed by atoms with E-state index < -0.39 is 10.0 Å². The van der Waals surface area contributed by atoms with Crippen molar-refractivity contribution < 1.29 is 22.4 Å². The largest absolute Gasteiger partial charge is 0.460 e. The van der Waals surface area contributed by atoms with E-state index in [0.29, 0.717) is 62.8 Å². The van der Waals surface area contributed by atoms with Crippen LogP contribution in [0.3, 0.4) is 0 Å². The van der Waals surface area contributed by atoms with E-state index in [0.717, 1.165) is 0 Å². The highest BCUT2D eigenvalue weighted by Gasteiger charge is 2.35. The number of benzene rings is 3. The number of nitrogens with one attached hydrogen (secondary N) is 2. The van der Waals surface area contributed by atoms with E-state index in [2.05, 4.69) is 10.0 Å². The van der Waals surface area contributed by atoms with Gasteiger partial charge in [0.05, 0.1) is 10.5 Å². The number of amides is 1. The lowest BCUT2D eigenvalue weighted by molar-refractivity contribution is 0.0905. The number of ketones is 1. The minimum atomic E-state index is -3.97. The van der Waals surface area contributed by atoms with Gasteiger partial charge in [0.2, 0.25) is 0 Å². The van der Waals surface area contributed by atoms with Crippen LogP contribution in [-0.2, 0) is 16.4 Å². The Morgan fingerprint density at radius 2 is 1.82 bits per heavy atom. The minimum absolute atomic E-state index is 0.00433. The normalized spacial score (nSPS) is 16.8. The van der Waals surface area contributed by atoms with Gasteiger partial charge < -0.3 is 9.73 Å². The first-order chi connectivity index (χ1) is 15.6. The van der Waals surface area contributed by atoms with Gasteiger partial charge >= 0.3 is 0 Å². The van der Waals surface area contributed by atoms with Crippen LogP contribution in [0.25, 0.3) is 21.7 Å². The van der Waals surface area contributed by atoms with Crippen LogP contribution < -0.4 is 10.0 Å². The van der Waals surface area contributed by atoms with Crippen molar-refractivity contribution in [1.82, 2.24) is 0 Å². The molecule has 7 nitrogen and oxygen atoms in total. The number of carbonyl (C=O) groups excluding carboxylic acids is 2. The van der Waals surface area contributed by atoms with E-state index in [9.17, 15) is 18.0 Å². The zero-order chi connectivity index (χ0) is 23.1. The van der Waals surface area contributed by atoms with Crippen molar-refractivity contribution in [1.29, 1.82) is 0 Å². The third kappa shape index (κ3) is 2.97. The summed E-state index contributed by atoms with van der Waals surface area (Å²) < 4.78 is 35.3. The maximum Gasteiger partial charge on any atom is 0.262 e. The van der Waals surface area contributed by atoms with E-state index in [1.807, 2.05) is 13.8 Å². The fourth-order valence-corrected chi connectivity index (χ4v) is 6.22. The Balaban J connectivity index is 1.44. The van der Waals surface area contributed by atoms with Gasteiger partial charge in [0, 0.05) is 45.9 Å². The van der Waals surface area contributed by atoms with Crippen LogP contribution in [0.1, 0.15) is 46.7 Å². The summed E-state index contributed by atoms with van der Waals surface area (Å²) in [5.74, 6) is 0.404. The van der Waals surface area contributed by atoms with Crippen LogP contribution in [0.15, 0.2) is 57.8 Å². The van der Waals surface area contributed by atoms with Crippen molar-refractivity contribution >= 4 is 54.8 Å². The Kier molecular flexibility index (Phi) is 3.91. The minimum Gasteiger partial charge on any atom is -0.460 e. The van der Waals surface area contributed by atoms with Gasteiger partial charge in [0.15, 0.2) is 5.78 Å². The molecule has 0 radical (unpaired) electrons. The third-order valence-electron chi connectivity index (χ3n) is 6.35. The zero-order valence-corrected chi connectivity index (χ0v) is 18.8. The van der Waals surface area contributed by atoms with Crippen LogP contribution >= 0.6 is 0 Å². The van der Waals surface area contributed by atoms with Crippen molar-refractivity contribution in [3.63, 3.8) is 0 Å². The van der Waals surface area contributed by atoms with Crippen molar-refractivity contribution in [2.45, 2.75) is 31.6 Å². The van der Waals surface area contributed by atoms with Gasteiger partial charge in [-0.25, -0.2) is 8.42 Å². The summed E-state index contributed by atoms with van der Waals surface area (Å²) in [4.78, 5) is 25.0. The number of Topliss-reactive ketones (excluding diaryl/α,β-unsaturated/α-hetero) is 1. The molecular formula is C25H20N2O5S. The first-order valence-corrected chi connectivity index (χ1v) is 12.1. The topological polar surface area (TPSA) is 105 Å². The Hall–Kier alpha value is -3.65. The second kappa shape index (κ2) is 6.45. The standard InChI is InChI=1S/C25H20N2O5S/c1-25(2)11-18(28)23-16-10-13(6-8-19(16)32-20(23)12-25)27-33(30,31)21-9-7-17-22-14(21)4-3-5-15(22)24(29)26-17/h3-10,27H,11-12H2,1-2H3,(H,26,29). The van der Waals surface area contributed by atoms with Gasteiger partial charge in [-0.3, -0.25) is 14.3 Å². The lowest BCUT2D eigenvalue weighted by Crippen LogP contribution is -2.25.